The molecule has 1 saturated heterocycles. The fourth-order valence-electron chi connectivity index (χ4n) is 3.74. The predicted octanol–water partition coefficient (Wildman–Crippen LogP) is 2.15. The van der Waals surface area contributed by atoms with Crippen molar-refractivity contribution >= 4 is 15.7 Å². The maximum Gasteiger partial charge on any atom is 0.227 e. The van der Waals surface area contributed by atoms with Crippen LogP contribution in [0, 0.1) is 0 Å². The molecular weight excluding hydrogens is 392 g/mol. The van der Waals surface area contributed by atoms with Crippen LogP contribution in [0.1, 0.15) is 36.5 Å². The maximum atomic E-state index is 13.0. The Labute approximate surface area is 171 Å². The van der Waals surface area contributed by atoms with Gasteiger partial charge in [-0.05, 0) is 43.0 Å². The Bertz CT molecular complexity index is 959. The summed E-state index contributed by atoms with van der Waals surface area (Å²) in [7, 11) is -1.73. The minimum atomic E-state index is -3.27. The molecule has 1 N–H and O–H groups in total. The second kappa shape index (κ2) is 8.92. The zero-order valence-electron chi connectivity index (χ0n) is 16.6. The third-order valence-corrected chi connectivity index (χ3v) is 6.42. The average molecular weight is 419 g/mol. The fourth-order valence-corrected chi connectivity index (χ4v) is 4.37. The van der Waals surface area contributed by atoms with Crippen LogP contribution < -0.4 is 4.74 Å². The van der Waals surface area contributed by atoms with Crippen molar-refractivity contribution in [2.24, 2.45) is 0 Å². The first-order valence-corrected chi connectivity index (χ1v) is 11.4. The van der Waals surface area contributed by atoms with E-state index in [-0.39, 0.29) is 23.3 Å². The lowest BCUT2D eigenvalue weighted by Gasteiger charge is -2.39. The molecule has 0 radical (unpaired) electrons. The smallest absolute Gasteiger partial charge is 0.227 e. The van der Waals surface area contributed by atoms with E-state index in [2.05, 4.69) is 4.98 Å². The third kappa shape index (κ3) is 4.94. The Kier molecular flexibility index (Phi) is 6.54. The van der Waals surface area contributed by atoms with E-state index in [1.54, 1.807) is 35.5 Å². The molecule has 0 saturated carbocycles. The molecule has 156 valence electrons. The number of hydrogen-bond donors (Lipinski definition) is 1. The van der Waals surface area contributed by atoms with Crippen molar-refractivity contribution in [2.45, 2.75) is 42.7 Å². The highest BCUT2D eigenvalue weighted by Gasteiger charge is 2.34. The molecule has 1 aliphatic rings. The largest absolute Gasteiger partial charge is 0.496 e. The van der Waals surface area contributed by atoms with Gasteiger partial charge in [-0.2, -0.15) is 0 Å². The lowest BCUT2D eigenvalue weighted by molar-refractivity contribution is -0.137. The highest BCUT2D eigenvalue weighted by molar-refractivity contribution is 7.90. The summed E-state index contributed by atoms with van der Waals surface area (Å²) in [6, 6.07) is 7.69. The summed E-state index contributed by atoms with van der Waals surface area (Å²) in [5, 5.41) is 11.0. The van der Waals surface area contributed by atoms with Gasteiger partial charge in [0.05, 0.1) is 24.5 Å². The van der Waals surface area contributed by atoms with Crippen LogP contribution in [0.4, 0.5) is 0 Å². The molecule has 8 heteroatoms. The normalized spacial score (nSPS) is 18.3. The predicted molar refractivity (Wildman–Crippen MR) is 108 cm³/mol. The molecule has 0 spiro atoms. The van der Waals surface area contributed by atoms with Gasteiger partial charge in [0.1, 0.15) is 11.9 Å². The van der Waals surface area contributed by atoms with E-state index < -0.39 is 15.9 Å². The summed E-state index contributed by atoms with van der Waals surface area (Å²) in [6.45, 7) is 0.574. The second-order valence-electron chi connectivity index (χ2n) is 7.31. The fraction of sp³-hybridized carbons (Fsp3) is 0.429. The van der Waals surface area contributed by atoms with Crippen molar-refractivity contribution in [1.82, 2.24) is 9.88 Å². The van der Waals surface area contributed by atoms with Gasteiger partial charge in [-0.1, -0.05) is 12.1 Å². The summed E-state index contributed by atoms with van der Waals surface area (Å²) in [5.74, 6) is 0.450. The van der Waals surface area contributed by atoms with Gasteiger partial charge in [-0.15, -0.1) is 0 Å². The van der Waals surface area contributed by atoms with E-state index >= 15 is 0 Å². The molecule has 2 aromatic rings. The van der Waals surface area contributed by atoms with E-state index in [4.69, 9.17) is 4.74 Å². The lowest BCUT2D eigenvalue weighted by Crippen LogP contribution is -2.47. The van der Waals surface area contributed by atoms with E-state index in [0.29, 0.717) is 24.3 Å². The number of carbonyl (C=O) groups is 1. The van der Waals surface area contributed by atoms with Gasteiger partial charge in [0, 0.05) is 30.8 Å². The van der Waals surface area contributed by atoms with Gasteiger partial charge in [0.25, 0.3) is 0 Å². The number of ether oxygens (including phenoxy) is 1. The zero-order chi connectivity index (χ0) is 21.0. The topological polar surface area (TPSA) is 96.8 Å². The molecule has 0 bridgehead atoms. The number of methoxy groups -OCH3 is 1. The summed E-state index contributed by atoms with van der Waals surface area (Å²) in [5.41, 5.74) is 1.30. The summed E-state index contributed by atoms with van der Waals surface area (Å²) >= 11 is 0. The number of aromatic nitrogens is 1. The molecule has 2 heterocycles. The Morgan fingerprint density at radius 3 is 2.66 bits per heavy atom. The number of carbonyl (C=O) groups excluding carboxylic acids is 1. The second-order valence-corrected chi connectivity index (χ2v) is 9.32. The Balaban J connectivity index is 1.77. The van der Waals surface area contributed by atoms with Gasteiger partial charge >= 0.3 is 0 Å². The number of benzene rings is 1. The molecule has 0 aliphatic carbocycles. The highest BCUT2D eigenvalue weighted by Crippen LogP contribution is 2.33. The highest BCUT2D eigenvalue weighted by atomic mass is 32.2. The first kappa shape index (κ1) is 21.3. The number of pyridine rings is 1. The number of aliphatic hydroxyl groups is 1. The molecule has 2 atom stereocenters. The minimum absolute atomic E-state index is 0.0938. The van der Waals surface area contributed by atoms with Crippen molar-refractivity contribution in [2.75, 3.05) is 19.9 Å². The summed E-state index contributed by atoms with van der Waals surface area (Å²) in [6.07, 6.45) is 6.08. The number of piperidine rings is 1. The van der Waals surface area contributed by atoms with Crippen LogP contribution in [0.25, 0.3) is 0 Å². The number of amides is 1. The molecule has 3 rings (SSSR count). The molecule has 7 nitrogen and oxygen atoms in total. The molecule has 29 heavy (non-hydrogen) atoms. The number of rotatable bonds is 6. The Morgan fingerprint density at radius 2 is 2.00 bits per heavy atom. The van der Waals surface area contributed by atoms with Crippen molar-refractivity contribution in [1.29, 1.82) is 0 Å². The van der Waals surface area contributed by atoms with Gasteiger partial charge in [0.15, 0.2) is 9.84 Å². The molecule has 0 unspecified atom stereocenters. The van der Waals surface area contributed by atoms with Crippen LogP contribution >= 0.6 is 0 Å². The molecule has 1 amide bonds. The number of nitrogens with zero attached hydrogens (tertiary/aromatic N) is 2. The SMILES string of the molecule is COc1ccncc1[C@H](O)[C@H]1CCCCN1C(=O)Cc1ccc(S(C)(=O)=O)cc1. The number of hydrogen-bond acceptors (Lipinski definition) is 6. The molecule has 1 aromatic heterocycles. The third-order valence-electron chi connectivity index (χ3n) is 5.29. The van der Waals surface area contributed by atoms with E-state index in [9.17, 15) is 18.3 Å². The van der Waals surface area contributed by atoms with Crippen LogP contribution in [0.2, 0.25) is 0 Å². The number of sulfone groups is 1. The van der Waals surface area contributed by atoms with Crippen molar-refractivity contribution in [3.8, 4) is 5.75 Å². The van der Waals surface area contributed by atoms with E-state index in [1.807, 2.05) is 0 Å². The number of likely N-dealkylation sites (tertiary alicyclic amines) is 1. The maximum absolute atomic E-state index is 13.0. The van der Waals surface area contributed by atoms with Crippen molar-refractivity contribution < 1.29 is 23.1 Å². The van der Waals surface area contributed by atoms with Crippen LogP contribution in [0.15, 0.2) is 47.6 Å². The summed E-state index contributed by atoms with van der Waals surface area (Å²) in [4.78, 5) is 19.0. The monoisotopic (exact) mass is 418 g/mol. The van der Waals surface area contributed by atoms with Gasteiger partial charge in [0.2, 0.25) is 5.91 Å². The standard InChI is InChI=1S/C21H26N2O5S/c1-28-19-10-11-22-14-17(19)21(25)18-5-3-4-12-23(18)20(24)13-15-6-8-16(9-7-15)29(2,26)27/h6-11,14,18,21,25H,3-5,12-13H2,1-2H3/t18-,21+/m1/s1. The van der Waals surface area contributed by atoms with Crippen LogP contribution in [0.3, 0.4) is 0 Å². The first-order valence-electron chi connectivity index (χ1n) is 9.55. The van der Waals surface area contributed by atoms with Crippen molar-refractivity contribution in [3.05, 3.63) is 53.9 Å². The Hall–Kier alpha value is -2.45. The molecule has 1 aliphatic heterocycles. The first-order chi connectivity index (χ1) is 13.8. The lowest BCUT2D eigenvalue weighted by atomic mass is 9.92. The van der Waals surface area contributed by atoms with Crippen LogP contribution in [-0.4, -0.2) is 55.3 Å². The zero-order valence-corrected chi connectivity index (χ0v) is 17.4. The van der Waals surface area contributed by atoms with E-state index in [1.165, 1.54) is 19.2 Å². The average Bonchev–Trinajstić information content (AvgIpc) is 2.73. The van der Waals surface area contributed by atoms with Crippen LogP contribution in [0.5, 0.6) is 5.75 Å². The van der Waals surface area contributed by atoms with Crippen LogP contribution in [-0.2, 0) is 21.1 Å². The molecule has 1 fully saturated rings. The van der Waals surface area contributed by atoms with Crippen molar-refractivity contribution in [3.63, 3.8) is 0 Å². The number of aliphatic hydroxyl groups excluding tert-OH is 1. The molecular formula is C21H26N2O5S. The minimum Gasteiger partial charge on any atom is -0.496 e. The van der Waals surface area contributed by atoms with Gasteiger partial charge < -0.3 is 14.7 Å². The summed E-state index contributed by atoms with van der Waals surface area (Å²) < 4.78 is 28.5. The van der Waals surface area contributed by atoms with Gasteiger partial charge in [-0.25, -0.2) is 8.42 Å². The Morgan fingerprint density at radius 1 is 1.28 bits per heavy atom. The molecule has 1 aromatic carbocycles. The van der Waals surface area contributed by atoms with E-state index in [0.717, 1.165) is 24.7 Å². The van der Waals surface area contributed by atoms with Gasteiger partial charge in [-0.3, -0.25) is 9.78 Å². The quantitative estimate of drug-likeness (QED) is 0.772.